The minimum Gasteiger partial charge on any atom is -0.498 e. The number of hydrogen-bond acceptors (Lipinski definition) is 3. The summed E-state index contributed by atoms with van der Waals surface area (Å²) in [6.07, 6.45) is 3.41. The topological polar surface area (TPSA) is 49.7 Å². The first-order chi connectivity index (χ1) is 5.63. The average Bonchev–Trinajstić information content (AvgIpc) is 2.05. The normalized spacial score (nSPS) is 17.9. The fraction of sp³-hybridized carbons (Fsp3) is 0.556. The van der Waals surface area contributed by atoms with Crippen molar-refractivity contribution in [3.63, 3.8) is 0 Å². The van der Waals surface area contributed by atoms with Gasteiger partial charge in [-0.05, 0) is 19.9 Å². The Morgan fingerprint density at radius 1 is 1.42 bits per heavy atom. The van der Waals surface area contributed by atoms with Gasteiger partial charge in [0, 0.05) is 0 Å². The van der Waals surface area contributed by atoms with Gasteiger partial charge in [-0.25, -0.2) is 0 Å². The molecule has 0 rings (SSSR count). The molecule has 0 bridgehead atoms. The van der Waals surface area contributed by atoms with Crippen molar-refractivity contribution >= 4 is 0 Å². The standard InChI is InChI=1S/C9H16O3/c1-4-5-6-8(12-3)9(11)7(2)10/h4-7,9-11H,1-3H3/t7-,9+/m0/s1. The second-order valence-corrected chi connectivity index (χ2v) is 2.48. The molecule has 70 valence electrons. The van der Waals surface area contributed by atoms with Crippen molar-refractivity contribution in [2.24, 2.45) is 0 Å². The van der Waals surface area contributed by atoms with E-state index < -0.39 is 12.2 Å². The van der Waals surface area contributed by atoms with Crippen LogP contribution in [0.25, 0.3) is 0 Å². The maximum Gasteiger partial charge on any atom is 0.136 e. The van der Waals surface area contributed by atoms with E-state index in [2.05, 4.69) is 0 Å². The van der Waals surface area contributed by atoms with Gasteiger partial charge in [-0.2, -0.15) is 0 Å². The van der Waals surface area contributed by atoms with Crippen LogP contribution < -0.4 is 0 Å². The van der Waals surface area contributed by atoms with Gasteiger partial charge >= 0.3 is 0 Å². The number of allylic oxidation sites excluding steroid dienone is 3. The van der Waals surface area contributed by atoms with Crippen molar-refractivity contribution < 1.29 is 14.9 Å². The number of aliphatic hydroxyl groups excluding tert-OH is 2. The van der Waals surface area contributed by atoms with Crippen molar-refractivity contribution in [3.05, 3.63) is 24.0 Å². The maximum absolute atomic E-state index is 9.34. The molecule has 12 heavy (non-hydrogen) atoms. The van der Waals surface area contributed by atoms with Gasteiger partial charge < -0.3 is 14.9 Å². The third kappa shape index (κ3) is 3.55. The highest BCUT2D eigenvalue weighted by Crippen LogP contribution is 2.07. The van der Waals surface area contributed by atoms with Crippen LogP contribution in [0, 0.1) is 0 Å². The van der Waals surface area contributed by atoms with Gasteiger partial charge in [-0.3, -0.25) is 0 Å². The molecule has 3 heteroatoms. The van der Waals surface area contributed by atoms with Crippen LogP contribution >= 0.6 is 0 Å². The molecule has 0 radical (unpaired) electrons. The molecule has 2 N–H and O–H groups in total. The predicted molar refractivity (Wildman–Crippen MR) is 47.6 cm³/mol. The Bertz CT molecular complexity index is 171. The molecule has 0 spiro atoms. The zero-order valence-corrected chi connectivity index (χ0v) is 7.69. The Morgan fingerprint density at radius 2 is 2.00 bits per heavy atom. The fourth-order valence-corrected chi connectivity index (χ4v) is 0.716. The van der Waals surface area contributed by atoms with Gasteiger partial charge in [0.15, 0.2) is 0 Å². The lowest BCUT2D eigenvalue weighted by Gasteiger charge is -2.15. The molecule has 0 amide bonds. The number of ether oxygens (including phenoxy) is 1. The number of methoxy groups -OCH3 is 1. The quantitative estimate of drug-likeness (QED) is 0.488. The zero-order valence-electron chi connectivity index (χ0n) is 7.69. The van der Waals surface area contributed by atoms with E-state index in [9.17, 15) is 5.11 Å². The summed E-state index contributed by atoms with van der Waals surface area (Å²) < 4.78 is 4.88. The zero-order chi connectivity index (χ0) is 9.56. The van der Waals surface area contributed by atoms with Crippen LogP contribution in [0.15, 0.2) is 24.0 Å². The van der Waals surface area contributed by atoms with E-state index in [1.54, 1.807) is 12.2 Å². The Balaban J connectivity index is 4.33. The molecule has 0 aromatic heterocycles. The minimum atomic E-state index is -0.953. The van der Waals surface area contributed by atoms with Gasteiger partial charge in [0.2, 0.25) is 0 Å². The van der Waals surface area contributed by atoms with Gasteiger partial charge in [-0.1, -0.05) is 12.2 Å². The van der Waals surface area contributed by atoms with Crippen LogP contribution in [0.1, 0.15) is 13.8 Å². The highest BCUT2D eigenvalue weighted by molar-refractivity contribution is 5.11. The third-order valence-corrected chi connectivity index (χ3v) is 1.44. The minimum absolute atomic E-state index is 0.364. The van der Waals surface area contributed by atoms with Crippen molar-refractivity contribution in [2.75, 3.05) is 7.11 Å². The summed E-state index contributed by atoms with van der Waals surface area (Å²) in [6, 6.07) is 0. The Labute approximate surface area is 73.0 Å². The third-order valence-electron chi connectivity index (χ3n) is 1.44. The van der Waals surface area contributed by atoms with Crippen LogP contribution in [-0.4, -0.2) is 29.5 Å². The van der Waals surface area contributed by atoms with Gasteiger partial charge in [-0.15, -0.1) is 0 Å². The smallest absolute Gasteiger partial charge is 0.136 e. The van der Waals surface area contributed by atoms with E-state index in [1.807, 2.05) is 13.0 Å². The Morgan fingerprint density at radius 3 is 2.33 bits per heavy atom. The summed E-state index contributed by atoms with van der Waals surface area (Å²) >= 11 is 0. The molecule has 0 heterocycles. The summed E-state index contributed by atoms with van der Waals surface area (Å²) in [5.74, 6) is 0.364. The number of rotatable bonds is 4. The maximum atomic E-state index is 9.34. The molecule has 0 aliphatic carbocycles. The largest absolute Gasteiger partial charge is 0.498 e. The molecule has 0 saturated carbocycles. The van der Waals surface area contributed by atoms with Crippen molar-refractivity contribution in [1.82, 2.24) is 0 Å². The van der Waals surface area contributed by atoms with Crippen molar-refractivity contribution in [3.8, 4) is 0 Å². The van der Waals surface area contributed by atoms with E-state index in [0.29, 0.717) is 5.76 Å². The average molecular weight is 172 g/mol. The molecular weight excluding hydrogens is 156 g/mol. The summed E-state index contributed by atoms with van der Waals surface area (Å²) in [5.41, 5.74) is 0. The van der Waals surface area contributed by atoms with Crippen LogP contribution in [0.3, 0.4) is 0 Å². The molecule has 0 saturated heterocycles. The molecular formula is C9H16O3. The molecule has 0 aromatic carbocycles. The highest BCUT2D eigenvalue weighted by Gasteiger charge is 2.15. The molecule has 0 fully saturated rings. The molecule has 0 aliphatic heterocycles. The van der Waals surface area contributed by atoms with Crippen molar-refractivity contribution in [2.45, 2.75) is 26.1 Å². The van der Waals surface area contributed by atoms with E-state index in [-0.39, 0.29) is 0 Å². The molecule has 3 nitrogen and oxygen atoms in total. The first-order valence-corrected chi connectivity index (χ1v) is 3.86. The first-order valence-electron chi connectivity index (χ1n) is 3.86. The predicted octanol–water partition coefficient (Wildman–Crippen LogP) is 0.835. The summed E-state index contributed by atoms with van der Waals surface area (Å²) in [7, 11) is 1.46. The Hall–Kier alpha value is -0.800. The summed E-state index contributed by atoms with van der Waals surface area (Å²) in [4.78, 5) is 0. The number of aliphatic hydroxyl groups is 2. The van der Waals surface area contributed by atoms with Crippen LogP contribution in [0.5, 0.6) is 0 Å². The lowest BCUT2D eigenvalue weighted by Crippen LogP contribution is -2.25. The van der Waals surface area contributed by atoms with Gasteiger partial charge in [0.25, 0.3) is 0 Å². The SMILES string of the molecule is CC=CC=C(OC)[C@H](O)[C@H](C)O. The van der Waals surface area contributed by atoms with Crippen LogP contribution in [0.2, 0.25) is 0 Å². The molecule has 0 unspecified atom stereocenters. The second-order valence-electron chi connectivity index (χ2n) is 2.48. The Kier molecular flexibility index (Phi) is 5.41. The van der Waals surface area contributed by atoms with Crippen molar-refractivity contribution in [1.29, 1.82) is 0 Å². The first kappa shape index (κ1) is 11.2. The van der Waals surface area contributed by atoms with E-state index in [0.717, 1.165) is 0 Å². The van der Waals surface area contributed by atoms with E-state index in [1.165, 1.54) is 14.0 Å². The van der Waals surface area contributed by atoms with E-state index >= 15 is 0 Å². The molecule has 0 aromatic rings. The van der Waals surface area contributed by atoms with Gasteiger partial charge in [0.05, 0.1) is 13.2 Å². The monoisotopic (exact) mass is 172 g/mol. The van der Waals surface area contributed by atoms with Crippen LogP contribution in [-0.2, 0) is 4.74 Å². The second kappa shape index (κ2) is 5.80. The summed E-state index contributed by atoms with van der Waals surface area (Å²) in [6.45, 7) is 3.37. The van der Waals surface area contributed by atoms with Gasteiger partial charge in [0.1, 0.15) is 11.9 Å². The lowest BCUT2D eigenvalue weighted by molar-refractivity contribution is 0.0211. The lowest BCUT2D eigenvalue weighted by atomic mass is 10.2. The van der Waals surface area contributed by atoms with Crippen LogP contribution in [0.4, 0.5) is 0 Å². The highest BCUT2D eigenvalue weighted by atomic mass is 16.5. The molecule has 2 atom stereocenters. The van der Waals surface area contributed by atoms with E-state index in [4.69, 9.17) is 9.84 Å². The number of hydrogen-bond donors (Lipinski definition) is 2. The molecule has 0 aliphatic rings. The summed E-state index contributed by atoms with van der Waals surface area (Å²) in [5, 5.41) is 18.4. The fourth-order valence-electron chi connectivity index (χ4n) is 0.716.